The first-order valence-corrected chi connectivity index (χ1v) is 5.87. The number of hydrogen-bond acceptors (Lipinski definition) is 2. The van der Waals surface area contributed by atoms with Crippen LogP contribution < -0.4 is 0 Å². The third-order valence-corrected chi connectivity index (χ3v) is 4.69. The maximum Gasteiger partial charge on any atom is 0.140 e. The van der Waals surface area contributed by atoms with Gasteiger partial charge in [0, 0.05) is 24.2 Å². The Hall–Kier alpha value is -0.920. The van der Waals surface area contributed by atoms with Gasteiger partial charge in [-0.05, 0) is 31.6 Å². The molecular formula is C13H16O2. The minimum absolute atomic E-state index is 0.0363. The lowest BCUT2D eigenvalue weighted by Crippen LogP contribution is -2.46. The molecule has 15 heavy (non-hydrogen) atoms. The summed E-state index contributed by atoms with van der Waals surface area (Å²) in [5.74, 6) is 1.03. The van der Waals surface area contributed by atoms with Crippen molar-refractivity contribution in [2.24, 2.45) is 17.3 Å². The molecule has 0 aliphatic heterocycles. The second kappa shape index (κ2) is 2.81. The van der Waals surface area contributed by atoms with Crippen LogP contribution in [0.2, 0.25) is 0 Å². The van der Waals surface area contributed by atoms with Gasteiger partial charge >= 0.3 is 0 Å². The zero-order valence-corrected chi connectivity index (χ0v) is 8.92. The number of ketones is 2. The molecule has 3 atom stereocenters. The van der Waals surface area contributed by atoms with E-state index in [1.54, 1.807) is 0 Å². The molecule has 0 heterocycles. The summed E-state index contributed by atoms with van der Waals surface area (Å²) in [6.07, 6.45) is 4.90. The summed E-state index contributed by atoms with van der Waals surface area (Å²) in [5.41, 5.74) is 0.858. The topological polar surface area (TPSA) is 34.1 Å². The maximum atomic E-state index is 12.1. The average Bonchev–Trinajstić information content (AvgIpc) is 2.45. The Morgan fingerprint density at radius 1 is 1.33 bits per heavy atom. The van der Waals surface area contributed by atoms with E-state index in [1.165, 1.54) is 0 Å². The third-order valence-electron chi connectivity index (χ3n) is 4.69. The lowest BCUT2D eigenvalue weighted by Gasteiger charge is -2.41. The van der Waals surface area contributed by atoms with Crippen molar-refractivity contribution in [1.29, 1.82) is 0 Å². The van der Waals surface area contributed by atoms with E-state index in [-0.39, 0.29) is 11.3 Å². The summed E-state index contributed by atoms with van der Waals surface area (Å²) in [6, 6.07) is 0. The van der Waals surface area contributed by atoms with Gasteiger partial charge in [0.25, 0.3) is 0 Å². The molecule has 2 heteroatoms. The van der Waals surface area contributed by atoms with Crippen LogP contribution in [0.15, 0.2) is 12.2 Å². The van der Waals surface area contributed by atoms with Crippen molar-refractivity contribution in [3.63, 3.8) is 0 Å². The summed E-state index contributed by atoms with van der Waals surface area (Å²) in [6.45, 7) is 4.05. The zero-order valence-electron chi connectivity index (χ0n) is 8.92. The largest absolute Gasteiger partial charge is 0.299 e. The van der Waals surface area contributed by atoms with E-state index in [0.29, 0.717) is 30.3 Å². The van der Waals surface area contributed by atoms with Crippen LogP contribution in [0, 0.1) is 17.3 Å². The molecule has 2 nitrogen and oxygen atoms in total. The van der Waals surface area contributed by atoms with Crippen molar-refractivity contribution in [3.05, 3.63) is 12.2 Å². The lowest BCUT2D eigenvalue weighted by atomic mass is 9.59. The molecule has 3 saturated carbocycles. The predicted octanol–water partition coefficient (Wildman–Crippen LogP) is 2.28. The van der Waals surface area contributed by atoms with Crippen molar-refractivity contribution >= 4 is 11.6 Å². The van der Waals surface area contributed by atoms with Gasteiger partial charge in [-0.15, -0.1) is 0 Å². The molecule has 0 saturated heterocycles. The van der Waals surface area contributed by atoms with Crippen LogP contribution in [0.25, 0.3) is 0 Å². The number of carbonyl (C=O) groups excluding carboxylic acids is 2. The molecule has 3 aliphatic carbocycles. The van der Waals surface area contributed by atoms with Crippen LogP contribution in [-0.2, 0) is 9.59 Å². The minimum atomic E-state index is -0.296. The molecule has 3 aliphatic rings. The van der Waals surface area contributed by atoms with E-state index in [1.807, 2.05) is 0 Å². The summed E-state index contributed by atoms with van der Waals surface area (Å²) in [7, 11) is 0. The predicted molar refractivity (Wildman–Crippen MR) is 56.3 cm³/mol. The van der Waals surface area contributed by atoms with Crippen molar-refractivity contribution in [2.75, 3.05) is 0 Å². The van der Waals surface area contributed by atoms with Gasteiger partial charge < -0.3 is 0 Å². The first-order chi connectivity index (χ1) is 7.13. The second-order valence-corrected chi connectivity index (χ2v) is 5.43. The van der Waals surface area contributed by atoms with Crippen LogP contribution >= 0.6 is 0 Å². The number of fused-ring (bicyclic) bond motifs is 1. The molecule has 3 fully saturated rings. The maximum absolute atomic E-state index is 12.1. The Kier molecular flexibility index (Phi) is 1.74. The number of allylic oxidation sites excluding steroid dienone is 1. The van der Waals surface area contributed by atoms with Crippen molar-refractivity contribution in [3.8, 4) is 0 Å². The zero-order chi connectivity index (χ0) is 10.6. The molecule has 0 aromatic carbocycles. The van der Waals surface area contributed by atoms with Gasteiger partial charge in [0.1, 0.15) is 11.6 Å². The highest BCUT2D eigenvalue weighted by atomic mass is 16.1. The summed E-state index contributed by atoms with van der Waals surface area (Å²) in [4.78, 5) is 24.1. The number of hydrogen-bond donors (Lipinski definition) is 0. The van der Waals surface area contributed by atoms with E-state index >= 15 is 0 Å². The monoisotopic (exact) mass is 204 g/mol. The fourth-order valence-electron chi connectivity index (χ4n) is 3.94. The molecular weight excluding hydrogens is 188 g/mol. The second-order valence-electron chi connectivity index (χ2n) is 5.43. The Labute approximate surface area is 89.7 Å². The van der Waals surface area contributed by atoms with Gasteiger partial charge in [0.2, 0.25) is 0 Å². The molecule has 0 amide bonds. The highest BCUT2D eigenvalue weighted by molar-refractivity contribution is 5.96. The van der Waals surface area contributed by atoms with Gasteiger partial charge in [-0.1, -0.05) is 12.2 Å². The van der Waals surface area contributed by atoms with Crippen molar-refractivity contribution < 1.29 is 9.59 Å². The van der Waals surface area contributed by atoms with Gasteiger partial charge in [-0.3, -0.25) is 9.59 Å². The van der Waals surface area contributed by atoms with E-state index in [9.17, 15) is 9.59 Å². The summed E-state index contributed by atoms with van der Waals surface area (Å²) >= 11 is 0. The fourth-order valence-corrected chi connectivity index (χ4v) is 3.94. The van der Waals surface area contributed by atoms with Crippen LogP contribution in [0.1, 0.15) is 38.5 Å². The van der Waals surface area contributed by atoms with Gasteiger partial charge in [-0.25, -0.2) is 0 Å². The Morgan fingerprint density at radius 3 is 2.93 bits per heavy atom. The van der Waals surface area contributed by atoms with Crippen LogP contribution in [-0.4, -0.2) is 11.6 Å². The van der Waals surface area contributed by atoms with Crippen LogP contribution in [0.3, 0.4) is 0 Å². The van der Waals surface area contributed by atoms with Crippen molar-refractivity contribution in [2.45, 2.75) is 38.5 Å². The smallest absolute Gasteiger partial charge is 0.140 e. The highest BCUT2D eigenvalue weighted by Gasteiger charge is 2.58. The van der Waals surface area contributed by atoms with Crippen molar-refractivity contribution in [1.82, 2.24) is 0 Å². The molecule has 1 spiro atoms. The fraction of sp³-hybridized carbons (Fsp3) is 0.692. The lowest BCUT2D eigenvalue weighted by molar-refractivity contribution is -0.146. The molecule has 0 radical (unpaired) electrons. The van der Waals surface area contributed by atoms with E-state index in [2.05, 4.69) is 6.58 Å². The molecule has 0 unspecified atom stereocenters. The quantitative estimate of drug-likeness (QED) is 0.567. The Bertz CT molecular complexity index is 369. The Morgan fingerprint density at radius 2 is 2.13 bits per heavy atom. The number of rotatable bonds is 0. The summed E-state index contributed by atoms with van der Waals surface area (Å²) in [5, 5.41) is 0. The van der Waals surface area contributed by atoms with Gasteiger partial charge in [-0.2, -0.15) is 0 Å². The third kappa shape index (κ3) is 1.05. The number of carbonyl (C=O) groups is 2. The van der Waals surface area contributed by atoms with Gasteiger partial charge in [0.15, 0.2) is 0 Å². The molecule has 3 rings (SSSR count). The molecule has 0 N–H and O–H groups in total. The van der Waals surface area contributed by atoms with E-state index in [0.717, 1.165) is 31.3 Å². The highest BCUT2D eigenvalue weighted by Crippen LogP contribution is 2.59. The standard InChI is InChI=1S/C13H16O2/c1-8-6-13-7-9(8)5-11(14)10(13)3-2-4-12(13)15/h9-10H,1-7H2/t9-,10-,13+/m0/s1. The summed E-state index contributed by atoms with van der Waals surface area (Å²) < 4.78 is 0. The van der Waals surface area contributed by atoms with E-state index in [4.69, 9.17) is 0 Å². The number of Topliss-reactive ketones (excluding diaryl/α,β-unsaturated/α-hetero) is 2. The SMILES string of the molecule is C=C1C[C@@]23C[C@@H]1CC(=O)[C@@H]2CCCC3=O. The Balaban J connectivity index is 2.08. The molecule has 0 aromatic rings. The molecule has 0 aromatic heterocycles. The van der Waals surface area contributed by atoms with E-state index < -0.39 is 0 Å². The average molecular weight is 204 g/mol. The first-order valence-electron chi connectivity index (χ1n) is 5.87. The molecule has 80 valence electrons. The van der Waals surface area contributed by atoms with Gasteiger partial charge in [0.05, 0.1) is 0 Å². The normalized spacial score (nSPS) is 44.4. The van der Waals surface area contributed by atoms with Crippen LogP contribution in [0.5, 0.6) is 0 Å². The van der Waals surface area contributed by atoms with Crippen LogP contribution in [0.4, 0.5) is 0 Å². The first kappa shape index (κ1) is 9.32. The minimum Gasteiger partial charge on any atom is -0.299 e. The molecule has 2 bridgehead atoms.